The summed E-state index contributed by atoms with van der Waals surface area (Å²) in [5.41, 5.74) is 7.52. The van der Waals surface area contributed by atoms with E-state index < -0.39 is 0 Å². The lowest BCUT2D eigenvalue weighted by Crippen LogP contribution is -2.43. The number of carbonyl (C=O) groups is 1. The van der Waals surface area contributed by atoms with Crippen LogP contribution < -0.4 is 11.1 Å². The first-order valence-electron chi connectivity index (χ1n) is 4.97. The van der Waals surface area contributed by atoms with E-state index in [0.29, 0.717) is 6.54 Å². The molecule has 0 radical (unpaired) electrons. The van der Waals surface area contributed by atoms with E-state index in [4.69, 9.17) is 10.5 Å². The third-order valence-corrected chi connectivity index (χ3v) is 2.42. The van der Waals surface area contributed by atoms with E-state index in [0.717, 1.165) is 12.1 Å². The van der Waals surface area contributed by atoms with Crippen molar-refractivity contribution >= 4 is 11.6 Å². The summed E-state index contributed by atoms with van der Waals surface area (Å²) < 4.78 is 5.38. The molecule has 4 nitrogen and oxygen atoms in total. The van der Waals surface area contributed by atoms with Gasteiger partial charge in [-0.1, -0.05) is 12.1 Å². The van der Waals surface area contributed by atoms with Crippen LogP contribution in [0.15, 0.2) is 24.3 Å². The Bertz CT molecular complexity index is 338. The maximum absolute atomic E-state index is 10.9. The van der Waals surface area contributed by atoms with Crippen LogP contribution in [0.1, 0.15) is 5.56 Å². The van der Waals surface area contributed by atoms with Gasteiger partial charge in [-0.3, -0.25) is 4.79 Å². The minimum Gasteiger partial charge on any atom is -0.399 e. The molecular formula is C11H14N2O2. The number of nitrogens with one attached hydrogen (secondary N) is 1. The lowest BCUT2D eigenvalue weighted by atomic mass is 10.1. The Balaban J connectivity index is 1.91. The fourth-order valence-corrected chi connectivity index (χ4v) is 1.58. The molecule has 0 saturated carbocycles. The summed E-state index contributed by atoms with van der Waals surface area (Å²) in [6.07, 6.45) is 0.881. The standard InChI is InChI=1S/C11H14N2O2/c12-9-3-1-8(2-4-9)5-10-6-13-11(14)7-15-10/h1-4,10H,5-7,12H2,(H,13,14). The van der Waals surface area contributed by atoms with Gasteiger partial charge in [-0.2, -0.15) is 0 Å². The number of morpholine rings is 1. The van der Waals surface area contributed by atoms with Crippen LogP contribution in [-0.2, 0) is 16.0 Å². The number of ether oxygens (including phenoxy) is 1. The number of anilines is 1. The molecule has 0 bridgehead atoms. The Morgan fingerprint density at radius 1 is 1.40 bits per heavy atom. The summed E-state index contributed by atoms with van der Waals surface area (Å²) in [6, 6.07) is 7.71. The highest BCUT2D eigenvalue weighted by Gasteiger charge is 2.18. The topological polar surface area (TPSA) is 64.3 Å². The van der Waals surface area contributed by atoms with E-state index in [1.807, 2.05) is 24.3 Å². The molecular weight excluding hydrogens is 192 g/mol. The molecule has 1 aromatic rings. The van der Waals surface area contributed by atoms with Crippen molar-refractivity contribution in [2.24, 2.45) is 0 Å². The zero-order chi connectivity index (χ0) is 10.7. The molecule has 3 N–H and O–H groups in total. The molecule has 4 heteroatoms. The van der Waals surface area contributed by atoms with E-state index in [2.05, 4.69) is 5.32 Å². The molecule has 15 heavy (non-hydrogen) atoms. The molecule has 1 aromatic carbocycles. The van der Waals surface area contributed by atoms with Crippen molar-refractivity contribution in [3.05, 3.63) is 29.8 Å². The van der Waals surface area contributed by atoms with E-state index in [1.165, 1.54) is 5.56 Å². The van der Waals surface area contributed by atoms with Crippen molar-refractivity contribution in [2.45, 2.75) is 12.5 Å². The highest BCUT2D eigenvalue weighted by molar-refractivity contribution is 5.77. The molecule has 0 spiro atoms. The van der Waals surface area contributed by atoms with Gasteiger partial charge in [0.15, 0.2) is 0 Å². The normalized spacial score (nSPS) is 21.1. The van der Waals surface area contributed by atoms with Gasteiger partial charge in [0.2, 0.25) is 5.91 Å². The maximum atomic E-state index is 10.9. The number of hydrogen-bond acceptors (Lipinski definition) is 3. The monoisotopic (exact) mass is 206 g/mol. The van der Waals surface area contributed by atoms with Crippen LogP contribution in [0.5, 0.6) is 0 Å². The SMILES string of the molecule is Nc1ccc(CC2CNC(=O)CO2)cc1. The number of nitrogen functional groups attached to an aromatic ring is 1. The van der Waals surface area contributed by atoms with Crippen molar-refractivity contribution < 1.29 is 9.53 Å². The number of benzene rings is 1. The van der Waals surface area contributed by atoms with Crippen LogP contribution in [0.4, 0.5) is 5.69 Å². The summed E-state index contributed by atoms with van der Waals surface area (Å²) in [7, 11) is 0. The van der Waals surface area contributed by atoms with Gasteiger partial charge >= 0.3 is 0 Å². The quantitative estimate of drug-likeness (QED) is 0.685. The van der Waals surface area contributed by atoms with Crippen molar-refractivity contribution in [2.75, 3.05) is 18.9 Å². The fraction of sp³-hybridized carbons (Fsp3) is 0.364. The first kappa shape index (κ1) is 9.98. The largest absolute Gasteiger partial charge is 0.399 e. The Morgan fingerprint density at radius 2 is 2.13 bits per heavy atom. The minimum atomic E-state index is -0.0384. The zero-order valence-corrected chi connectivity index (χ0v) is 8.40. The summed E-state index contributed by atoms with van der Waals surface area (Å²) in [6.45, 7) is 0.753. The number of nitrogens with two attached hydrogens (primary N) is 1. The lowest BCUT2D eigenvalue weighted by molar-refractivity contribution is -0.133. The second-order valence-electron chi connectivity index (χ2n) is 3.68. The van der Waals surface area contributed by atoms with Gasteiger partial charge in [-0.05, 0) is 17.7 Å². The van der Waals surface area contributed by atoms with Crippen molar-refractivity contribution in [1.82, 2.24) is 5.32 Å². The second kappa shape index (κ2) is 4.31. The third-order valence-electron chi connectivity index (χ3n) is 2.42. The number of amides is 1. The molecule has 0 aromatic heterocycles. The fourth-order valence-electron chi connectivity index (χ4n) is 1.58. The maximum Gasteiger partial charge on any atom is 0.246 e. The van der Waals surface area contributed by atoms with Crippen LogP contribution in [-0.4, -0.2) is 25.2 Å². The molecule has 2 rings (SSSR count). The Labute approximate surface area is 88.4 Å². The number of rotatable bonds is 2. The van der Waals surface area contributed by atoms with Crippen molar-refractivity contribution in [1.29, 1.82) is 0 Å². The molecule has 1 aliphatic rings. The Hall–Kier alpha value is -1.55. The average Bonchev–Trinajstić information content (AvgIpc) is 2.25. The minimum absolute atomic E-state index is 0.0384. The van der Waals surface area contributed by atoms with Gasteiger partial charge < -0.3 is 15.8 Å². The average molecular weight is 206 g/mol. The predicted octanol–water partition coefficient (Wildman–Crippen LogP) is 0.326. The summed E-state index contributed by atoms with van der Waals surface area (Å²) in [5, 5.41) is 2.78. The molecule has 1 unspecified atom stereocenters. The van der Waals surface area contributed by atoms with E-state index in [1.54, 1.807) is 0 Å². The van der Waals surface area contributed by atoms with Crippen LogP contribution in [0.25, 0.3) is 0 Å². The van der Waals surface area contributed by atoms with Crippen LogP contribution in [0.3, 0.4) is 0 Å². The molecule has 1 heterocycles. The van der Waals surface area contributed by atoms with Gasteiger partial charge in [0, 0.05) is 18.7 Å². The molecule has 1 amide bonds. The van der Waals surface area contributed by atoms with Gasteiger partial charge in [0.1, 0.15) is 6.61 Å². The summed E-state index contributed by atoms with van der Waals surface area (Å²) >= 11 is 0. The van der Waals surface area contributed by atoms with Gasteiger partial charge in [-0.25, -0.2) is 0 Å². The van der Waals surface area contributed by atoms with E-state index in [-0.39, 0.29) is 18.6 Å². The predicted molar refractivity (Wildman–Crippen MR) is 57.3 cm³/mol. The lowest BCUT2D eigenvalue weighted by Gasteiger charge is -2.23. The molecule has 1 atom stereocenters. The van der Waals surface area contributed by atoms with Crippen molar-refractivity contribution in [3.63, 3.8) is 0 Å². The first-order chi connectivity index (χ1) is 7.24. The van der Waals surface area contributed by atoms with E-state index >= 15 is 0 Å². The smallest absolute Gasteiger partial charge is 0.246 e. The number of carbonyl (C=O) groups excluding carboxylic acids is 1. The highest BCUT2D eigenvalue weighted by atomic mass is 16.5. The zero-order valence-electron chi connectivity index (χ0n) is 8.40. The second-order valence-corrected chi connectivity index (χ2v) is 3.68. The Morgan fingerprint density at radius 3 is 2.73 bits per heavy atom. The third kappa shape index (κ3) is 2.70. The molecule has 0 aliphatic carbocycles. The number of hydrogen-bond donors (Lipinski definition) is 2. The summed E-state index contributed by atoms with van der Waals surface area (Å²) in [4.78, 5) is 10.9. The highest BCUT2D eigenvalue weighted by Crippen LogP contribution is 2.10. The Kier molecular flexibility index (Phi) is 2.87. The molecule has 1 fully saturated rings. The summed E-state index contributed by atoms with van der Waals surface area (Å²) in [5.74, 6) is -0.0384. The van der Waals surface area contributed by atoms with Crippen LogP contribution >= 0.6 is 0 Å². The van der Waals surface area contributed by atoms with E-state index in [9.17, 15) is 4.79 Å². The van der Waals surface area contributed by atoms with Gasteiger partial charge in [-0.15, -0.1) is 0 Å². The van der Waals surface area contributed by atoms with Crippen LogP contribution in [0, 0.1) is 0 Å². The molecule has 1 saturated heterocycles. The first-order valence-corrected chi connectivity index (χ1v) is 4.97. The van der Waals surface area contributed by atoms with Crippen molar-refractivity contribution in [3.8, 4) is 0 Å². The van der Waals surface area contributed by atoms with Crippen LogP contribution in [0.2, 0.25) is 0 Å². The molecule has 1 aliphatic heterocycles. The van der Waals surface area contributed by atoms with Gasteiger partial charge in [0.25, 0.3) is 0 Å². The van der Waals surface area contributed by atoms with Gasteiger partial charge in [0.05, 0.1) is 6.10 Å². The molecule has 80 valence electrons.